The van der Waals surface area contributed by atoms with Crippen molar-refractivity contribution in [3.05, 3.63) is 88.6 Å². The third-order valence-corrected chi connectivity index (χ3v) is 7.07. The summed E-state index contributed by atoms with van der Waals surface area (Å²) < 4.78 is 23.3. The van der Waals surface area contributed by atoms with E-state index in [1.165, 1.54) is 22.8 Å². The number of nitro groups is 1. The number of carbonyl (C=O) groups excluding carboxylic acids is 1. The van der Waals surface area contributed by atoms with Crippen LogP contribution in [0, 0.1) is 10.1 Å². The maximum absolute atomic E-state index is 13.8. The molecule has 0 spiro atoms. The second-order valence-electron chi connectivity index (χ2n) is 9.06. The van der Waals surface area contributed by atoms with Crippen LogP contribution in [-0.4, -0.2) is 35.0 Å². The first-order chi connectivity index (χ1) is 18.7. The van der Waals surface area contributed by atoms with Crippen molar-refractivity contribution in [2.75, 3.05) is 13.4 Å². The van der Waals surface area contributed by atoms with E-state index in [4.69, 9.17) is 18.9 Å². The van der Waals surface area contributed by atoms with E-state index in [1.807, 2.05) is 13.8 Å². The molecule has 2 aromatic carbocycles. The van der Waals surface area contributed by atoms with Gasteiger partial charge in [-0.2, -0.15) is 0 Å². The summed E-state index contributed by atoms with van der Waals surface area (Å²) in [6, 6.07) is 9.07. The molecule has 0 saturated heterocycles. The molecule has 5 rings (SSSR count). The highest BCUT2D eigenvalue weighted by molar-refractivity contribution is 7.07. The zero-order valence-electron chi connectivity index (χ0n) is 21.6. The van der Waals surface area contributed by atoms with Crippen molar-refractivity contribution in [2.45, 2.75) is 39.8 Å². The summed E-state index contributed by atoms with van der Waals surface area (Å²) >= 11 is 1.07. The van der Waals surface area contributed by atoms with Crippen LogP contribution in [0.5, 0.6) is 17.2 Å². The lowest BCUT2D eigenvalue weighted by atomic mass is 9.96. The van der Waals surface area contributed by atoms with Gasteiger partial charge in [-0.15, -0.1) is 0 Å². The van der Waals surface area contributed by atoms with Gasteiger partial charge in [-0.3, -0.25) is 19.5 Å². The number of hydrogen-bond donors (Lipinski definition) is 0. The molecule has 3 heterocycles. The molecule has 0 aliphatic carbocycles. The number of hydrogen-bond acceptors (Lipinski definition) is 10. The number of fused-ring (bicyclic) bond motifs is 2. The third-order valence-electron chi connectivity index (χ3n) is 6.09. The number of benzene rings is 2. The fraction of sp³-hybridized carbons (Fsp3) is 0.296. The standard InChI is InChI=1S/C27H25N3O8S/c1-5-35-26(32)23-15(4)28-27-29(24(23)16-6-8-18(9-7-16)38-14(2)3)25(31)22(39-27)11-17-10-20-21(37-13-36-20)12-19(17)30(33)34/h6-12,14,24H,5,13H2,1-4H3/b22-11-/t24-/m1/s1. The number of nitrogens with zero attached hydrogens (tertiary/aromatic N) is 3. The molecule has 2 aliphatic heterocycles. The summed E-state index contributed by atoms with van der Waals surface area (Å²) in [4.78, 5) is 43.0. The lowest BCUT2D eigenvalue weighted by Crippen LogP contribution is -2.39. The summed E-state index contributed by atoms with van der Waals surface area (Å²) in [5.41, 5.74) is 0.816. The summed E-state index contributed by atoms with van der Waals surface area (Å²) in [6.07, 6.45) is 1.41. The van der Waals surface area contributed by atoms with Crippen LogP contribution in [0.3, 0.4) is 0 Å². The van der Waals surface area contributed by atoms with E-state index >= 15 is 0 Å². The Morgan fingerprint density at radius 3 is 2.59 bits per heavy atom. The molecule has 202 valence electrons. The van der Waals surface area contributed by atoms with Crippen LogP contribution < -0.4 is 29.1 Å². The molecule has 12 heteroatoms. The van der Waals surface area contributed by atoms with E-state index in [-0.39, 0.29) is 46.6 Å². The van der Waals surface area contributed by atoms with Gasteiger partial charge in [-0.25, -0.2) is 9.79 Å². The van der Waals surface area contributed by atoms with Crippen molar-refractivity contribution in [3.8, 4) is 17.2 Å². The van der Waals surface area contributed by atoms with Gasteiger partial charge in [0, 0.05) is 0 Å². The average Bonchev–Trinajstić information content (AvgIpc) is 3.46. The molecule has 39 heavy (non-hydrogen) atoms. The Labute approximate surface area is 226 Å². The molecule has 2 aliphatic rings. The molecule has 11 nitrogen and oxygen atoms in total. The molecule has 1 aromatic heterocycles. The fourth-order valence-corrected chi connectivity index (χ4v) is 5.51. The molecule has 0 fully saturated rings. The van der Waals surface area contributed by atoms with Crippen molar-refractivity contribution in [2.24, 2.45) is 4.99 Å². The molecule has 3 aromatic rings. The normalized spacial score (nSPS) is 16.2. The quantitative estimate of drug-likeness (QED) is 0.248. The summed E-state index contributed by atoms with van der Waals surface area (Å²) in [6.45, 7) is 7.34. The van der Waals surface area contributed by atoms with E-state index in [1.54, 1.807) is 38.1 Å². The number of esters is 1. The lowest BCUT2D eigenvalue weighted by molar-refractivity contribution is -0.385. The van der Waals surface area contributed by atoms with E-state index < -0.39 is 22.5 Å². The second kappa shape index (κ2) is 10.4. The molecule has 0 unspecified atom stereocenters. The predicted molar refractivity (Wildman–Crippen MR) is 142 cm³/mol. The van der Waals surface area contributed by atoms with Gasteiger partial charge in [0.15, 0.2) is 16.3 Å². The van der Waals surface area contributed by atoms with Gasteiger partial charge in [0.25, 0.3) is 11.2 Å². The number of aromatic nitrogens is 1. The number of allylic oxidation sites excluding steroid dienone is 1. The van der Waals surface area contributed by atoms with Crippen LogP contribution in [0.4, 0.5) is 5.69 Å². The van der Waals surface area contributed by atoms with Crippen LogP contribution in [0.15, 0.2) is 57.5 Å². The van der Waals surface area contributed by atoms with E-state index in [2.05, 4.69) is 4.99 Å². The van der Waals surface area contributed by atoms with Crippen molar-refractivity contribution < 1.29 is 28.7 Å². The Kier molecular flexibility index (Phi) is 6.96. The van der Waals surface area contributed by atoms with Crippen LogP contribution in [0.25, 0.3) is 6.08 Å². The molecule has 0 N–H and O–H groups in total. The topological polar surface area (TPSA) is 131 Å². The minimum absolute atomic E-state index is 0.0222. The van der Waals surface area contributed by atoms with E-state index in [0.717, 1.165) is 11.3 Å². The van der Waals surface area contributed by atoms with Crippen LogP contribution in [0.1, 0.15) is 44.9 Å². The SMILES string of the molecule is CCOC(=O)C1=C(C)N=c2s/c(=C\c3cc4c(cc3[N+](=O)[O-])OCO4)c(=O)n2[C@@H]1c1ccc(OC(C)C)cc1. The molecule has 1 atom stereocenters. The minimum atomic E-state index is -0.817. The van der Waals surface area contributed by atoms with E-state index in [9.17, 15) is 19.7 Å². The Bertz CT molecular complexity index is 1690. The first-order valence-corrected chi connectivity index (χ1v) is 13.0. The van der Waals surface area contributed by atoms with Gasteiger partial charge in [0.05, 0.1) is 51.1 Å². The van der Waals surface area contributed by atoms with Crippen molar-refractivity contribution >= 4 is 29.1 Å². The minimum Gasteiger partial charge on any atom is -0.491 e. The Morgan fingerprint density at radius 1 is 1.26 bits per heavy atom. The maximum atomic E-state index is 13.8. The largest absolute Gasteiger partial charge is 0.491 e. The van der Waals surface area contributed by atoms with E-state index in [0.29, 0.717) is 27.6 Å². The number of carbonyl (C=O) groups is 1. The monoisotopic (exact) mass is 551 g/mol. The third kappa shape index (κ3) is 4.90. The molecular weight excluding hydrogens is 526 g/mol. The lowest BCUT2D eigenvalue weighted by Gasteiger charge is -2.25. The van der Waals surface area contributed by atoms with Crippen molar-refractivity contribution in [3.63, 3.8) is 0 Å². The highest BCUT2D eigenvalue weighted by atomic mass is 32.1. The van der Waals surface area contributed by atoms with Crippen molar-refractivity contribution in [1.82, 2.24) is 4.57 Å². The highest BCUT2D eigenvalue weighted by Gasteiger charge is 2.33. The first-order valence-electron chi connectivity index (χ1n) is 12.2. The van der Waals surface area contributed by atoms with Crippen LogP contribution in [0.2, 0.25) is 0 Å². The van der Waals surface area contributed by atoms with Crippen molar-refractivity contribution in [1.29, 1.82) is 0 Å². The van der Waals surface area contributed by atoms with Gasteiger partial charge in [-0.05, 0) is 57.5 Å². The van der Waals surface area contributed by atoms with Gasteiger partial charge in [0.1, 0.15) is 5.75 Å². The Hall–Kier alpha value is -4.45. The van der Waals surface area contributed by atoms with Crippen LogP contribution >= 0.6 is 11.3 Å². The molecular formula is C27H25N3O8S. The number of rotatable bonds is 7. The summed E-state index contributed by atoms with van der Waals surface area (Å²) in [5, 5.41) is 11.8. The van der Waals surface area contributed by atoms with Gasteiger partial charge in [-0.1, -0.05) is 23.5 Å². The van der Waals surface area contributed by atoms with Gasteiger partial charge in [0.2, 0.25) is 6.79 Å². The summed E-state index contributed by atoms with van der Waals surface area (Å²) in [7, 11) is 0. The Morgan fingerprint density at radius 2 is 1.95 bits per heavy atom. The Balaban J connectivity index is 1.69. The highest BCUT2D eigenvalue weighted by Crippen LogP contribution is 2.38. The molecule has 0 amide bonds. The van der Waals surface area contributed by atoms with Gasteiger partial charge >= 0.3 is 5.97 Å². The predicted octanol–water partition coefficient (Wildman–Crippen LogP) is 3.22. The fourth-order valence-electron chi connectivity index (χ4n) is 4.47. The molecule has 0 bridgehead atoms. The zero-order chi connectivity index (χ0) is 27.8. The maximum Gasteiger partial charge on any atom is 0.338 e. The number of thiazole rings is 1. The molecule has 0 saturated carbocycles. The number of nitro benzene ring substituents is 1. The summed E-state index contributed by atoms with van der Waals surface area (Å²) in [5.74, 6) is 0.683. The average molecular weight is 552 g/mol. The smallest absolute Gasteiger partial charge is 0.338 e. The zero-order valence-corrected chi connectivity index (χ0v) is 22.4. The van der Waals surface area contributed by atoms with Gasteiger partial charge < -0.3 is 18.9 Å². The number of ether oxygens (including phenoxy) is 4. The molecule has 0 radical (unpaired) electrons. The second-order valence-corrected chi connectivity index (χ2v) is 10.1. The first kappa shape index (κ1) is 26.2. The van der Waals surface area contributed by atoms with Crippen LogP contribution in [-0.2, 0) is 9.53 Å².